The quantitative estimate of drug-likeness (QED) is 0.811. The van der Waals surface area contributed by atoms with Crippen LogP contribution in [0.25, 0.3) is 0 Å². The second-order valence-electron chi connectivity index (χ2n) is 4.23. The van der Waals surface area contributed by atoms with Gasteiger partial charge >= 0.3 is 16.1 Å². The van der Waals surface area contributed by atoms with E-state index in [1.807, 2.05) is 0 Å². The third-order valence-corrected chi connectivity index (χ3v) is 4.21. The van der Waals surface area contributed by atoms with E-state index in [0.717, 1.165) is 0 Å². The maximum Gasteiger partial charge on any atom is 0.354 e. The predicted molar refractivity (Wildman–Crippen MR) is 72.8 cm³/mol. The van der Waals surface area contributed by atoms with Gasteiger partial charge in [0.05, 0.1) is 11.3 Å². The normalized spacial score (nSPS) is 11.1. The largest absolute Gasteiger partial charge is 0.354 e. The van der Waals surface area contributed by atoms with Gasteiger partial charge in [0.15, 0.2) is 0 Å². The van der Waals surface area contributed by atoms with E-state index in [1.54, 1.807) is 38.1 Å². The van der Waals surface area contributed by atoms with Crippen molar-refractivity contribution in [2.24, 2.45) is 0 Å². The lowest BCUT2D eigenvalue weighted by molar-refractivity contribution is 0.0746. The van der Waals surface area contributed by atoms with Gasteiger partial charge in [0.2, 0.25) is 0 Å². The lowest BCUT2D eigenvalue weighted by atomic mass is 10.2. The molecule has 2 aromatic rings. The molecule has 0 radical (unpaired) electrons. The van der Waals surface area contributed by atoms with Crippen molar-refractivity contribution in [1.82, 2.24) is 4.98 Å². The SMILES string of the molecule is Cc1ccnc(C)c1S(=O)(=O)OC(=O)c1ccccc1. The highest BCUT2D eigenvalue weighted by Crippen LogP contribution is 2.21. The topological polar surface area (TPSA) is 73.3 Å². The zero-order chi connectivity index (χ0) is 14.8. The molecule has 0 N–H and O–H groups in total. The van der Waals surface area contributed by atoms with Crippen LogP contribution in [0.5, 0.6) is 0 Å². The number of nitrogens with zero attached hydrogens (tertiary/aromatic N) is 1. The van der Waals surface area contributed by atoms with Crippen LogP contribution in [0.4, 0.5) is 0 Å². The Labute approximate surface area is 117 Å². The van der Waals surface area contributed by atoms with Gasteiger partial charge < -0.3 is 4.18 Å². The number of carbonyl (C=O) groups is 1. The summed E-state index contributed by atoms with van der Waals surface area (Å²) in [6.07, 6.45) is 1.50. The van der Waals surface area contributed by atoms with E-state index in [-0.39, 0.29) is 10.5 Å². The fourth-order valence-corrected chi connectivity index (χ4v) is 3.08. The zero-order valence-electron chi connectivity index (χ0n) is 11.0. The van der Waals surface area contributed by atoms with Crippen LogP contribution in [0.3, 0.4) is 0 Å². The molecule has 0 saturated carbocycles. The first-order valence-corrected chi connectivity index (χ1v) is 7.29. The Morgan fingerprint density at radius 2 is 1.75 bits per heavy atom. The summed E-state index contributed by atoms with van der Waals surface area (Å²) in [6.45, 7) is 3.17. The summed E-state index contributed by atoms with van der Waals surface area (Å²) in [4.78, 5) is 15.7. The van der Waals surface area contributed by atoms with Crippen molar-refractivity contribution in [2.75, 3.05) is 0 Å². The van der Waals surface area contributed by atoms with Gasteiger partial charge in [-0.05, 0) is 37.6 Å². The van der Waals surface area contributed by atoms with Crippen molar-refractivity contribution in [3.63, 3.8) is 0 Å². The summed E-state index contributed by atoms with van der Waals surface area (Å²) in [6, 6.07) is 9.51. The van der Waals surface area contributed by atoms with Gasteiger partial charge in [0.25, 0.3) is 0 Å². The zero-order valence-corrected chi connectivity index (χ0v) is 11.8. The number of rotatable bonds is 3. The fraction of sp³-hybridized carbons (Fsp3) is 0.143. The lowest BCUT2D eigenvalue weighted by Crippen LogP contribution is -2.16. The Kier molecular flexibility index (Phi) is 3.85. The number of hydrogen-bond donors (Lipinski definition) is 0. The first kappa shape index (κ1) is 14.2. The molecule has 0 bridgehead atoms. The van der Waals surface area contributed by atoms with Crippen molar-refractivity contribution in [3.05, 3.63) is 59.4 Å². The van der Waals surface area contributed by atoms with Gasteiger partial charge in [0, 0.05) is 6.20 Å². The number of pyridine rings is 1. The molecule has 1 aromatic carbocycles. The highest BCUT2D eigenvalue weighted by atomic mass is 32.2. The minimum absolute atomic E-state index is 0.0655. The minimum atomic E-state index is -4.18. The molecule has 0 unspecified atom stereocenters. The molecule has 6 heteroatoms. The standard InChI is InChI=1S/C14H13NO4S/c1-10-8-9-15-11(2)13(10)20(17,18)19-14(16)12-6-4-3-5-7-12/h3-9H,1-2H3. The molecule has 0 aliphatic rings. The molecular formula is C14H13NO4S. The summed E-state index contributed by atoms with van der Waals surface area (Å²) < 4.78 is 29.0. The molecule has 0 saturated heterocycles. The molecule has 0 aliphatic heterocycles. The number of carbonyl (C=O) groups excluding carboxylic acids is 1. The molecule has 2 rings (SSSR count). The van der Waals surface area contributed by atoms with Crippen molar-refractivity contribution >= 4 is 16.1 Å². The summed E-state index contributed by atoms with van der Waals surface area (Å²) >= 11 is 0. The van der Waals surface area contributed by atoms with Crippen LogP contribution in [-0.2, 0) is 14.3 Å². The molecule has 0 atom stereocenters. The van der Waals surface area contributed by atoms with Gasteiger partial charge in [-0.1, -0.05) is 18.2 Å². The summed E-state index contributed by atoms with van der Waals surface area (Å²) in [5, 5.41) is 0. The van der Waals surface area contributed by atoms with Gasteiger partial charge in [-0.3, -0.25) is 4.98 Å². The van der Waals surface area contributed by atoms with Crippen molar-refractivity contribution in [2.45, 2.75) is 18.7 Å². The maximum absolute atomic E-state index is 12.2. The van der Waals surface area contributed by atoms with Crippen LogP contribution >= 0.6 is 0 Å². The summed E-state index contributed by atoms with van der Waals surface area (Å²) in [5.74, 6) is -0.909. The number of benzene rings is 1. The van der Waals surface area contributed by atoms with E-state index >= 15 is 0 Å². The van der Waals surface area contributed by atoms with Crippen LogP contribution in [-0.4, -0.2) is 19.4 Å². The molecule has 0 spiro atoms. The highest BCUT2D eigenvalue weighted by molar-refractivity contribution is 7.87. The van der Waals surface area contributed by atoms with E-state index in [0.29, 0.717) is 11.3 Å². The Morgan fingerprint density at radius 1 is 1.10 bits per heavy atom. The molecule has 0 aliphatic carbocycles. The van der Waals surface area contributed by atoms with E-state index in [1.165, 1.54) is 18.3 Å². The average Bonchev–Trinajstić information content (AvgIpc) is 2.38. The van der Waals surface area contributed by atoms with Crippen molar-refractivity contribution in [3.8, 4) is 0 Å². The van der Waals surface area contributed by atoms with E-state index in [4.69, 9.17) is 0 Å². The molecule has 1 heterocycles. The Morgan fingerprint density at radius 3 is 2.35 bits per heavy atom. The van der Waals surface area contributed by atoms with Gasteiger partial charge in [-0.2, -0.15) is 8.42 Å². The Balaban J connectivity index is 2.36. The Bertz CT molecular complexity index is 719. The van der Waals surface area contributed by atoms with E-state index < -0.39 is 16.1 Å². The van der Waals surface area contributed by atoms with Gasteiger partial charge in [0.1, 0.15) is 4.90 Å². The second-order valence-corrected chi connectivity index (χ2v) is 5.72. The van der Waals surface area contributed by atoms with Crippen molar-refractivity contribution in [1.29, 1.82) is 0 Å². The smallest absolute Gasteiger partial charge is 0.338 e. The van der Waals surface area contributed by atoms with Crippen LogP contribution in [0.2, 0.25) is 0 Å². The van der Waals surface area contributed by atoms with E-state index in [2.05, 4.69) is 9.17 Å². The van der Waals surface area contributed by atoms with Gasteiger partial charge in [-0.25, -0.2) is 4.79 Å². The minimum Gasteiger partial charge on any atom is -0.338 e. The third-order valence-electron chi connectivity index (χ3n) is 2.72. The molecule has 0 amide bonds. The average molecular weight is 291 g/mol. The number of aryl methyl sites for hydroxylation is 2. The van der Waals surface area contributed by atoms with Crippen LogP contribution < -0.4 is 0 Å². The monoisotopic (exact) mass is 291 g/mol. The molecule has 20 heavy (non-hydrogen) atoms. The Hall–Kier alpha value is -2.21. The maximum atomic E-state index is 12.2. The molecule has 5 nitrogen and oxygen atoms in total. The number of aromatic nitrogens is 1. The molecule has 1 aromatic heterocycles. The van der Waals surface area contributed by atoms with Crippen LogP contribution in [0, 0.1) is 13.8 Å². The molecule has 0 fully saturated rings. The van der Waals surface area contributed by atoms with E-state index in [9.17, 15) is 13.2 Å². The van der Waals surface area contributed by atoms with Crippen LogP contribution in [0.15, 0.2) is 47.5 Å². The lowest BCUT2D eigenvalue weighted by Gasteiger charge is -2.09. The second kappa shape index (κ2) is 5.42. The number of hydrogen-bond acceptors (Lipinski definition) is 5. The van der Waals surface area contributed by atoms with Gasteiger partial charge in [-0.15, -0.1) is 0 Å². The molecular weight excluding hydrogens is 278 g/mol. The van der Waals surface area contributed by atoms with Crippen LogP contribution in [0.1, 0.15) is 21.6 Å². The first-order valence-electron chi connectivity index (χ1n) is 5.88. The predicted octanol–water partition coefficient (Wildman–Crippen LogP) is 2.24. The first-order chi connectivity index (χ1) is 9.42. The highest BCUT2D eigenvalue weighted by Gasteiger charge is 2.25. The summed E-state index contributed by atoms with van der Waals surface area (Å²) in [5.41, 5.74) is 0.958. The third kappa shape index (κ3) is 2.85. The summed E-state index contributed by atoms with van der Waals surface area (Å²) in [7, 11) is -4.18. The fourth-order valence-electron chi connectivity index (χ4n) is 1.82. The molecule has 104 valence electrons. The van der Waals surface area contributed by atoms with Crippen molar-refractivity contribution < 1.29 is 17.4 Å².